The van der Waals surface area contributed by atoms with Crippen LogP contribution in [0.4, 0.5) is 20.5 Å². The lowest BCUT2D eigenvalue weighted by molar-refractivity contribution is -0.133. The fraction of sp³-hybridized carbons (Fsp3) is 0.429. The molecule has 12 heteroatoms. The second-order valence-corrected chi connectivity index (χ2v) is 7.95. The van der Waals surface area contributed by atoms with Crippen molar-refractivity contribution in [2.45, 2.75) is 12.5 Å². The van der Waals surface area contributed by atoms with E-state index in [4.69, 9.17) is 10.5 Å². The second-order valence-electron chi connectivity index (χ2n) is 7.95. The number of likely N-dealkylation sites (tertiary alicyclic amines) is 1. The average Bonchev–Trinajstić information content (AvgIpc) is 3.21. The van der Waals surface area contributed by atoms with E-state index < -0.39 is 6.43 Å². The van der Waals surface area contributed by atoms with E-state index in [-0.39, 0.29) is 24.3 Å². The van der Waals surface area contributed by atoms with Crippen molar-refractivity contribution in [1.29, 1.82) is 0 Å². The van der Waals surface area contributed by atoms with E-state index >= 15 is 0 Å². The fourth-order valence-electron chi connectivity index (χ4n) is 4.07. The Hall–Kier alpha value is -3.38. The third-order valence-electron chi connectivity index (χ3n) is 5.79. The molecule has 0 saturated carbocycles. The zero-order chi connectivity index (χ0) is 22.9. The van der Waals surface area contributed by atoms with Crippen molar-refractivity contribution in [3.63, 3.8) is 0 Å². The molecule has 174 valence electrons. The molecule has 2 aromatic heterocycles. The molecular formula is C21H24F2N8O2. The largest absolute Gasteiger partial charge is 0.378 e. The molecule has 0 radical (unpaired) electrons. The number of hydrogen-bond acceptors (Lipinski definition) is 8. The SMILES string of the molecule is NCC(=O)N1CC(Nc2nc(N3CCOCC3)cc(-n3c(C(F)F)nc4ccccc43)n2)C1. The van der Waals surface area contributed by atoms with E-state index in [1.165, 1.54) is 4.57 Å². The van der Waals surface area contributed by atoms with Crippen LogP contribution < -0.4 is 16.0 Å². The number of nitrogens with one attached hydrogen (secondary N) is 1. The topological polar surface area (TPSA) is 114 Å². The van der Waals surface area contributed by atoms with Crippen LogP contribution in [-0.2, 0) is 9.53 Å². The Morgan fingerprint density at radius 2 is 1.88 bits per heavy atom. The van der Waals surface area contributed by atoms with E-state index in [9.17, 15) is 13.6 Å². The van der Waals surface area contributed by atoms with Gasteiger partial charge in [0.25, 0.3) is 6.43 Å². The summed E-state index contributed by atoms with van der Waals surface area (Å²) in [6, 6.07) is 8.60. The molecular weight excluding hydrogens is 434 g/mol. The van der Waals surface area contributed by atoms with Gasteiger partial charge < -0.3 is 25.6 Å². The lowest BCUT2D eigenvalue weighted by Gasteiger charge is -2.39. The number of amides is 1. The first-order valence-corrected chi connectivity index (χ1v) is 10.8. The van der Waals surface area contributed by atoms with Crippen LogP contribution in [-0.4, -0.2) is 82.3 Å². The van der Waals surface area contributed by atoms with Gasteiger partial charge >= 0.3 is 0 Å². The number of carbonyl (C=O) groups excluding carboxylic acids is 1. The number of nitrogens with two attached hydrogens (primary N) is 1. The Morgan fingerprint density at radius 3 is 2.61 bits per heavy atom. The maximum Gasteiger partial charge on any atom is 0.296 e. The van der Waals surface area contributed by atoms with Gasteiger partial charge in [-0.15, -0.1) is 0 Å². The Labute approximate surface area is 188 Å². The van der Waals surface area contributed by atoms with Crippen molar-refractivity contribution in [1.82, 2.24) is 24.4 Å². The molecule has 3 aromatic rings. The normalized spacial score (nSPS) is 17.0. The summed E-state index contributed by atoms with van der Waals surface area (Å²) >= 11 is 0. The first-order valence-electron chi connectivity index (χ1n) is 10.8. The third-order valence-corrected chi connectivity index (χ3v) is 5.79. The molecule has 0 bridgehead atoms. The van der Waals surface area contributed by atoms with Gasteiger partial charge in [-0.2, -0.15) is 9.97 Å². The summed E-state index contributed by atoms with van der Waals surface area (Å²) in [6.07, 6.45) is -2.78. The number of hydrogen-bond donors (Lipinski definition) is 2. The lowest BCUT2D eigenvalue weighted by atomic mass is 10.1. The molecule has 2 saturated heterocycles. The number of anilines is 2. The molecule has 5 rings (SSSR count). The van der Waals surface area contributed by atoms with Gasteiger partial charge in [0, 0.05) is 32.2 Å². The highest BCUT2D eigenvalue weighted by Crippen LogP contribution is 2.29. The van der Waals surface area contributed by atoms with Gasteiger partial charge in [0.1, 0.15) is 11.6 Å². The molecule has 1 amide bonds. The molecule has 3 N–H and O–H groups in total. The van der Waals surface area contributed by atoms with E-state index in [0.29, 0.717) is 68.0 Å². The number of benzene rings is 1. The average molecular weight is 458 g/mol. The summed E-state index contributed by atoms with van der Waals surface area (Å²) in [4.78, 5) is 28.7. The summed E-state index contributed by atoms with van der Waals surface area (Å²) in [5, 5.41) is 3.23. The Kier molecular flexibility index (Phi) is 5.77. The maximum atomic E-state index is 13.9. The summed E-state index contributed by atoms with van der Waals surface area (Å²) in [6.45, 7) is 3.28. The quantitative estimate of drug-likeness (QED) is 0.566. The number of para-hydroxylation sites is 2. The van der Waals surface area contributed by atoms with Gasteiger partial charge in [-0.3, -0.25) is 9.36 Å². The van der Waals surface area contributed by atoms with Crippen molar-refractivity contribution in [2.75, 3.05) is 56.2 Å². The number of morpholine rings is 1. The molecule has 0 spiro atoms. The molecule has 0 aliphatic carbocycles. The number of aromatic nitrogens is 4. The molecule has 1 aromatic carbocycles. The van der Waals surface area contributed by atoms with Gasteiger partial charge in [0.15, 0.2) is 5.82 Å². The summed E-state index contributed by atoms with van der Waals surface area (Å²) in [5.74, 6) is 0.711. The predicted molar refractivity (Wildman–Crippen MR) is 118 cm³/mol. The highest BCUT2D eigenvalue weighted by molar-refractivity contribution is 5.79. The molecule has 2 fully saturated rings. The number of halogens is 2. The van der Waals surface area contributed by atoms with Crippen LogP contribution in [0.3, 0.4) is 0 Å². The van der Waals surface area contributed by atoms with Gasteiger partial charge in [0.05, 0.1) is 36.8 Å². The number of alkyl halides is 2. The number of fused-ring (bicyclic) bond motifs is 1. The van der Waals surface area contributed by atoms with Gasteiger partial charge in [0.2, 0.25) is 11.9 Å². The number of carbonyl (C=O) groups is 1. The molecule has 2 aliphatic heterocycles. The van der Waals surface area contributed by atoms with Crippen LogP contribution in [0, 0.1) is 0 Å². The number of imidazole rings is 1. The minimum Gasteiger partial charge on any atom is -0.378 e. The van der Waals surface area contributed by atoms with Gasteiger partial charge in [-0.05, 0) is 12.1 Å². The van der Waals surface area contributed by atoms with Crippen molar-refractivity contribution >= 4 is 28.7 Å². The van der Waals surface area contributed by atoms with Gasteiger partial charge in [-0.1, -0.05) is 12.1 Å². The van der Waals surface area contributed by atoms with Crippen LogP contribution in [0.5, 0.6) is 0 Å². The predicted octanol–water partition coefficient (Wildman–Crippen LogP) is 1.17. The minimum absolute atomic E-state index is 0.0377. The molecule has 2 aliphatic rings. The second kappa shape index (κ2) is 8.87. The lowest BCUT2D eigenvalue weighted by Crippen LogP contribution is -2.58. The number of ether oxygens (including phenoxy) is 1. The number of rotatable bonds is 6. The van der Waals surface area contributed by atoms with Crippen LogP contribution >= 0.6 is 0 Å². The summed E-state index contributed by atoms with van der Waals surface area (Å²) < 4.78 is 34.6. The Morgan fingerprint density at radius 1 is 1.15 bits per heavy atom. The maximum absolute atomic E-state index is 13.9. The third kappa shape index (κ3) is 4.18. The van der Waals surface area contributed by atoms with Crippen LogP contribution in [0.15, 0.2) is 30.3 Å². The summed E-state index contributed by atoms with van der Waals surface area (Å²) in [5.41, 5.74) is 6.42. The monoisotopic (exact) mass is 458 g/mol. The van der Waals surface area contributed by atoms with Gasteiger partial charge in [-0.25, -0.2) is 13.8 Å². The Balaban J connectivity index is 1.53. The highest BCUT2D eigenvalue weighted by Gasteiger charge is 2.31. The first-order chi connectivity index (χ1) is 16.0. The molecule has 10 nitrogen and oxygen atoms in total. The zero-order valence-corrected chi connectivity index (χ0v) is 17.8. The molecule has 4 heterocycles. The van der Waals surface area contributed by atoms with Crippen LogP contribution in [0.2, 0.25) is 0 Å². The smallest absolute Gasteiger partial charge is 0.296 e. The molecule has 0 atom stereocenters. The summed E-state index contributed by atoms with van der Waals surface area (Å²) in [7, 11) is 0. The van der Waals surface area contributed by atoms with Crippen molar-refractivity contribution in [3.8, 4) is 5.82 Å². The van der Waals surface area contributed by atoms with E-state index in [1.807, 2.05) is 4.90 Å². The minimum atomic E-state index is -2.78. The first kappa shape index (κ1) is 21.5. The standard InChI is InChI=1S/C21H24F2N8O2/c22-19(23)20-26-14-3-1-2-4-15(14)31(20)17-9-16(29-5-7-33-8-6-29)27-21(28-17)25-13-11-30(12-13)18(32)10-24/h1-4,9,13,19H,5-8,10-12,24H2,(H,25,27,28). The van der Waals surface area contributed by atoms with E-state index in [2.05, 4.69) is 20.3 Å². The molecule has 0 unspecified atom stereocenters. The number of nitrogens with zero attached hydrogens (tertiary/aromatic N) is 6. The Bertz CT molecular complexity index is 1160. The molecule has 33 heavy (non-hydrogen) atoms. The van der Waals surface area contributed by atoms with Crippen molar-refractivity contribution in [2.24, 2.45) is 5.73 Å². The van der Waals surface area contributed by atoms with E-state index in [1.54, 1.807) is 35.2 Å². The van der Waals surface area contributed by atoms with E-state index in [0.717, 1.165) is 0 Å². The fourth-order valence-corrected chi connectivity index (χ4v) is 4.07. The van der Waals surface area contributed by atoms with Crippen molar-refractivity contribution in [3.05, 3.63) is 36.2 Å². The van der Waals surface area contributed by atoms with Crippen LogP contribution in [0.1, 0.15) is 12.2 Å². The van der Waals surface area contributed by atoms with Crippen molar-refractivity contribution < 1.29 is 18.3 Å². The zero-order valence-electron chi connectivity index (χ0n) is 17.8. The highest BCUT2D eigenvalue weighted by atomic mass is 19.3. The van der Waals surface area contributed by atoms with Crippen LogP contribution in [0.25, 0.3) is 16.9 Å².